The summed E-state index contributed by atoms with van der Waals surface area (Å²) >= 11 is 0. The van der Waals surface area contributed by atoms with Gasteiger partial charge in [0.1, 0.15) is 17.3 Å². The number of benzene rings is 2. The third-order valence-electron chi connectivity index (χ3n) is 5.87. The maximum absolute atomic E-state index is 14.5. The lowest BCUT2D eigenvalue weighted by molar-refractivity contribution is -0.139. The number of amides is 1. The molecule has 7 nitrogen and oxygen atoms in total. The van der Waals surface area contributed by atoms with Crippen LogP contribution in [0.1, 0.15) is 20.8 Å². The fourth-order valence-electron chi connectivity index (χ4n) is 4.21. The van der Waals surface area contributed by atoms with Crippen molar-refractivity contribution in [2.24, 2.45) is 5.41 Å². The Hall–Kier alpha value is -3.55. The van der Waals surface area contributed by atoms with E-state index < -0.39 is 5.41 Å². The molecule has 2 aromatic heterocycles. The van der Waals surface area contributed by atoms with Gasteiger partial charge in [0.2, 0.25) is 5.91 Å². The van der Waals surface area contributed by atoms with Gasteiger partial charge in [-0.15, -0.1) is 5.10 Å². The predicted molar refractivity (Wildman–Crippen MR) is 122 cm³/mol. The summed E-state index contributed by atoms with van der Waals surface area (Å²) in [6.45, 7) is 8.45. The molecule has 0 aliphatic carbocycles. The number of aromatic nitrogens is 4. The van der Waals surface area contributed by atoms with E-state index in [9.17, 15) is 9.18 Å². The smallest absolute Gasteiger partial charge is 0.228 e. The minimum Gasteiger partial charge on any atom is -0.352 e. The van der Waals surface area contributed by atoms with Gasteiger partial charge in [-0.3, -0.25) is 4.79 Å². The maximum Gasteiger partial charge on any atom is 0.228 e. The summed E-state index contributed by atoms with van der Waals surface area (Å²) in [5.74, 6) is 0.601. The Morgan fingerprint density at radius 1 is 0.969 bits per heavy atom. The molecule has 0 saturated carbocycles. The van der Waals surface area contributed by atoms with Crippen molar-refractivity contribution in [3.05, 3.63) is 54.3 Å². The highest BCUT2D eigenvalue weighted by Crippen LogP contribution is 2.31. The van der Waals surface area contributed by atoms with E-state index in [1.54, 1.807) is 22.7 Å². The molecule has 1 fully saturated rings. The fraction of sp³-hybridized carbons (Fsp3) is 0.333. The lowest BCUT2D eigenvalue weighted by Crippen LogP contribution is -2.52. The van der Waals surface area contributed by atoms with Gasteiger partial charge in [0.05, 0.1) is 5.52 Å². The monoisotopic (exact) mass is 432 g/mol. The van der Waals surface area contributed by atoms with Gasteiger partial charge in [0.15, 0.2) is 5.65 Å². The fourth-order valence-corrected chi connectivity index (χ4v) is 4.21. The van der Waals surface area contributed by atoms with Crippen LogP contribution in [0, 0.1) is 11.2 Å². The van der Waals surface area contributed by atoms with Crippen LogP contribution in [0.15, 0.2) is 48.5 Å². The third kappa shape index (κ3) is 3.36. The first-order valence-corrected chi connectivity index (χ1v) is 10.8. The molecule has 1 aliphatic rings. The molecule has 0 radical (unpaired) electrons. The van der Waals surface area contributed by atoms with E-state index in [0.717, 1.165) is 16.7 Å². The molecule has 5 rings (SSSR count). The summed E-state index contributed by atoms with van der Waals surface area (Å²) in [7, 11) is 0. The van der Waals surface area contributed by atoms with Crippen LogP contribution < -0.4 is 4.90 Å². The second-order valence-electron chi connectivity index (χ2n) is 9.14. The summed E-state index contributed by atoms with van der Waals surface area (Å²) in [6.07, 6.45) is 0. The maximum atomic E-state index is 14.5. The van der Waals surface area contributed by atoms with Gasteiger partial charge in [-0.2, -0.15) is 4.52 Å². The van der Waals surface area contributed by atoms with Crippen LogP contribution >= 0.6 is 0 Å². The molecule has 0 atom stereocenters. The minimum absolute atomic E-state index is 0.159. The molecular formula is C24H25FN6O. The number of halogens is 1. The molecule has 8 heteroatoms. The van der Waals surface area contributed by atoms with Gasteiger partial charge >= 0.3 is 0 Å². The predicted octanol–water partition coefficient (Wildman–Crippen LogP) is 3.78. The molecule has 0 N–H and O–H groups in total. The summed E-state index contributed by atoms with van der Waals surface area (Å²) in [4.78, 5) is 21.7. The van der Waals surface area contributed by atoms with Crippen LogP contribution in [0.5, 0.6) is 0 Å². The van der Waals surface area contributed by atoms with Crippen molar-refractivity contribution in [3.63, 3.8) is 0 Å². The third-order valence-corrected chi connectivity index (χ3v) is 5.87. The standard InChI is InChI=1S/C24H25FN6O/c1-24(2,3)23(32)30-14-12-29(13-15-30)21-17-9-5-7-11-19(17)31-22(26-21)20(27-28-31)16-8-4-6-10-18(16)25/h4-11H,12-15H2,1-3H3. The van der Waals surface area contributed by atoms with E-state index in [0.29, 0.717) is 43.1 Å². The van der Waals surface area contributed by atoms with Gasteiger partial charge in [0, 0.05) is 42.5 Å². The number of para-hydroxylation sites is 1. The number of hydrogen-bond donors (Lipinski definition) is 0. The zero-order valence-corrected chi connectivity index (χ0v) is 18.4. The summed E-state index contributed by atoms with van der Waals surface area (Å²) in [5, 5.41) is 9.49. The van der Waals surface area contributed by atoms with Crippen molar-refractivity contribution in [1.82, 2.24) is 24.7 Å². The Bertz CT molecular complexity index is 1320. The number of carbonyl (C=O) groups excluding carboxylic acids is 1. The van der Waals surface area contributed by atoms with Crippen molar-refractivity contribution >= 4 is 28.3 Å². The zero-order valence-electron chi connectivity index (χ0n) is 18.4. The zero-order chi connectivity index (χ0) is 22.5. The van der Waals surface area contributed by atoms with Crippen molar-refractivity contribution < 1.29 is 9.18 Å². The molecule has 2 aromatic carbocycles. The van der Waals surface area contributed by atoms with Crippen LogP contribution in [0.25, 0.3) is 27.8 Å². The van der Waals surface area contributed by atoms with Crippen LogP contribution in [0.2, 0.25) is 0 Å². The van der Waals surface area contributed by atoms with Crippen molar-refractivity contribution in [1.29, 1.82) is 0 Å². The van der Waals surface area contributed by atoms with Crippen LogP contribution in [0.4, 0.5) is 10.2 Å². The first kappa shape index (κ1) is 20.4. The second-order valence-corrected chi connectivity index (χ2v) is 9.14. The van der Waals surface area contributed by atoms with Crippen LogP contribution in [0.3, 0.4) is 0 Å². The lowest BCUT2D eigenvalue weighted by Gasteiger charge is -2.38. The highest BCUT2D eigenvalue weighted by molar-refractivity contribution is 5.93. The summed E-state index contributed by atoms with van der Waals surface area (Å²) in [5.41, 5.74) is 1.76. The normalized spacial score (nSPS) is 15.0. The minimum atomic E-state index is -0.399. The molecule has 1 saturated heterocycles. The van der Waals surface area contributed by atoms with E-state index in [-0.39, 0.29) is 11.7 Å². The van der Waals surface area contributed by atoms with Gasteiger partial charge in [0.25, 0.3) is 0 Å². The quantitative estimate of drug-likeness (QED) is 0.482. The molecule has 1 amide bonds. The number of fused-ring (bicyclic) bond motifs is 3. The largest absolute Gasteiger partial charge is 0.352 e. The van der Waals surface area contributed by atoms with Crippen molar-refractivity contribution in [3.8, 4) is 11.3 Å². The SMILES string of the molecule is CC(C)(C)C(=O)N1CCN(c2nc3c(-c4ccccc4F)nnn3c3ccccc23)CC1. The molecule has 0 unspecified atom stereocenters. The topological polar surface area (TPSA) is 66.6 Å². The average Bonchev–Trinajstić information content (AvgIpc) is 3.22. The van der Waals surface area contributed by atoms with Crippen molar-refractivity contribution in [2.45, 2.75) is 20.8 Å². The number of hydrogen-bond acceptors (Lipinski definition) is 5. The number of piperazine rings is 1. The molecule has 4 aromatic rings. The van der Waals surface area contributed by atoms with E-state index in [1.807, 2.05) is 49.9 Å². The molecule has 0 bridgehead atoms. The van der Waals surface area contributed by atoms with Crippen molar-refractivity contribution in [2.75, 3.05) is 31.1 Å². The first-order valence-electron chi connectivity index (χ1n) is 10.8. The van der Waals surface area contributed by atoms with E-state index in [4.69, 9.17) is 4.98 Å². The van der Waals surface area contributed by atoms with E-state index >= 15 is 0 Å². The number of rotatable bonds is 2. The van der Waals surface area contributed by atoms with E-state index in [1.165, 1.54) is 6.07 Å². The second kappa shape index (κ2) is 7.55. The van der Waals surface area contributed by atoms with Crippen LogP contribution in [-0.4, -0.2) is 56.8 Å². The highest BCUT2D eigenvalue weighted by Gasteiger charge is 2.31. The number of nitrogens with zero attached hydrogens (tertiary/aromatic N) is 6. The molecule has 1 aliphatic heterocycles. The summed E-state index contributed by atoms with van der Waals surface area (Å²) < 4.78 is 16.2. The Morgan fingerprint density at radius 3 is 2.38 bits per heavy atom. The Kier molecular flexibility index (Phi) is 4.80. The molecule has 0 spiro atoms. The Morgan fingerprint density at radius 2 is 1.66 bits per heavy atom. The first-order chi connectivity index (χ1) is 15.3. The number of anilines is 1. The van der Waals surface area contributed by atoms with Crippen LogP contribution in [-0.2, 0) is 4.79 Å². The molecule has 32 heavy (non-hydrogen) atoms. The average molecular weight is 433 g/mol. The lowest BCUT2D eigenvalue weighted by atomic mass is 9.94. The van der Waals surface area contributed by atoms with E-state index in [2.05, 4.69) is 15.2 Å². The molecule has 164 valence electrons. The Balaban J connectivity index is 1.58. The van der Waals surface area contributed by atoms with Gasteiger partial charge in [-0.1, -0.05) is 50.3 Å². The molecule has 3 heterocycles. The summed E-state index contributed by atoms with van der Waals surface area (Å²) in [6, 6.07) is 14.4. The number of carbonyl (C=O) groups is 1. The highest BCUT2D eigenvalue weighted by atomic mass is 19.1. The van der Waals surface area contributed by atoms with Gasteiger partial charge in [-0.25, -0.2) is 9.37 Å². The van der Waals surface area contributed by atoms with Gasteiger partial charge in [-0.05, 0) is 24.3 Å². The molecular weight excluding hydrogens is 407 g/mol. The Labute approximate surface area is 185 Å². The van der Waals surface area contributed by atoms with Gasteiger partial charge < -0.3 is 9.80 Å².